The molecule has 6 nitrogen and oxygen atoms in total. The highest BCUT2D eigenvalue weighted by Gasteiger charge is 2.24. The molecule has 0 bridgehead atoms. The highest BCUT2D eigenvalue weighted by molar-refractivity contribution is 14.0. The van der Waals surface area contributed by atoms with Crippen molar-refractivity contribution >= 4 is 29.9 Å². The Labute approximate surface area is 156 Å². The Morgan fingerprint density at radius 1 is 1.35 bits per heavy atom. The van der Waals surface area contributed by atoms with Crippen molar-refractivity contribution in [3.8, 4) is 5.75 Å². The van der Waals surface area contributed by atoms with Crippen LogP contribution in [0.1, 0.15) is 20.8 Å². The maximum Gasteiger partial charge on any atom is 0.191 e. The molecule has 0 aromatic carbocycles. The predicted octanol–water partition coefficient (Wildman–Crippen LogP) is 2.30. The summed E-state index contributed by atoms with van der Waals surface area (Å²) in [4.78, 5) is 8.19. The third kappa shape index (κ3) is 8.95. The molecule has 1 atom stereocenters. The van der Waals surface area contributed by atoms with Crippen molar-refractivity contribution in [2.24, 2.45) is 10.4 Å². The number of ether oxygens (including phenoxy) is 2. The Balaban J connectivity index is 0.00000484. The minimum Gasteiger partial charge on any atom is -0.490 e. The maximum atomic E-state index is 5.57. The average Bonchev–Trinajstić information content (AvgIpc) is 2.49. The fourth-order valence-electron chi connectivity index (χ4n) is 1.92. The molecule has 0 saturated heterocycles. The number of aliphatic imine (C=N–C) groups is 1. The van der Waals surface area contributed by atoms with Crippen LogP contribution >= 0.6 is 24.0 Å². The van der Waals surface area contributed by atoms with E-state index < -0.39 is 0 Å². The SMILES string of the molecule is CN=C(NCCOc1cccnc1)NCC(OC)C(C)(C)C.I. The lowest BCUT2D eigenvalue weighted by Crippen LogP contribution is -2.46. The number of aromatic nitrogens is 1. The van der Waals surface area contributed by atoms with Gasteiger partial charge < -0.3 is 20.1 Å². The van der Waals surface area contributed by atoms with E-state index in [0.29, 0.717) is 19.7 Å². The molecule has 1 unspecified atom stereocenters. The van der Waals surface area contributed by atoms with Crippen LogP contribution in [0.5, 0.6) is 5.75 Å². The Morgan fingerprint density at radius 2 is 2.09 bits per heavy atom. The number of hydrogen-bond donors (Lipinski definition) is 2. The van der Waals surface area contributed by atoms with Gasteiger partial charge in [0.25, 0.3) is 0 Å². The Hall–Kier alpha value is -1.09. The first kappa shape index (κ1) is 21.9. The van der Waals surface area contributed by atoms with E-state index >= 15 is 0 Å². The van der Waals surface area contributed by atoms with Crippen molar-refractivity contribution in [1.29, 1.82) is 0 Å². The topological polar surface area (TPSA) is 67.8 Å². The fraction of sp³-hybridized carbons (Fsp3) is 0.625. The number of guanidine groups is 1. The molecule has 1 heterocycles. The van der Waals surface area contributed by atoms with Gasteiger partial charge in [0.05, 0.1) is 18.8 Å². The minimum atomic E-state index is 0. The zero-order valence-corrected chi connectivity index (χ0v) is 17.0. The van der Waals surface area contributed by atoms with E-state index in [0.717, 1.165) is 11.7 Å². The molecule has 23 heavy (non-hydrogen) atoms. The molecule has 0 radical (unpaired) electrons. The molecule has 1 aromatic rings. The predicted molar refractivity (Wildman–Crippen MR) is 105 cm³/mol. The van der Waals surface area contributed by atoms with Gasteiger partial charge in [-0.1, -0.05) is 20.8 Å². The Morgan fingerprint density at radius 3 is 2.61 bits per heavy atom. The highest BCUT2D eigenvalue weighted by atomic mass is 127. The normalized spacial score (nSPS) is 13.0. The van der Waals surface area contributed by atoms with Crippen LogP contribution in [-0.2, 0) is 4.74 Å². The van der Waals surface area contributed by atoms with Crippen molar-refractivity contribution in [2.45, 2.75) is 26.9 Å². The molecule has 7 heteroatoms. The first-order chi connectivity index (χ1) is 10.5. The Kier molecular flexibility index (Phi) is 10.9. The minimum absolute atomic E-state index is 0. The second-order valence-corrected chi connectivity index (χ2v) is 6.01. The summed E-state index contributed by atoms with van der Waals surface area (Å²) in [5, 5.41) is 6.48. The highest BCUT2D eigenvalue weighted by Crippen LogP contribution is 2.20. The van der Waals surface area contributed by atoms with Crippen molar-refractivity contribution in [1.82, 2.24) is 15.6 Å². The monoisotopic (exact) mass is 436 g/mol. The standard InChI is InChI=1S/C16H28N4O2.HI/c1-16(2,3)14(21-5)12-20-15(17-4)19-9-10-22-13-7-6-8-18-11-13;/h6-8,11,14H,9-10,12H2,1-5H3,(H2,17,19,20);1H. The van der Waals surface area contributed by atoms with E-state index in [2.05, 4.69) is 41.4 Å². The molecule has 0 saturated carbocycles. The number of methoxy groups -OCH3 is 1. The average molecular weight is 436 g/mol. The smallest absolute Gasteiger partial charge is 0.191 e. The number of halogens is 1. The first-order valence-electron chi connectivity index (χ1n) is 7.47. The number of nitrogens with zero attached hydrogens (tertiary/aromatic N) is 2. The van der Waals surface area contributed by atoms with Crippen LogP contribution in [-0.4, -0.2) is 50.9 Å². The zero-order valence-electron chi connectivity index (χ0n) is 14.6. The van der Waals surface area contributed by atoms with Gasteiger partial charge in [-0.15, -0.1) is 24.0 Å². The summed E-state index contributed by atoms with van der Waals surface area (Å²) in [5.41, 5.74) is 0.0734. The van der Waals surface area contributed by atoms with E-state index in [4.69, 9.17) is 9.47 Å². The molecule has 0 fully saturated rings. The molecule has 0 aliphatic heterocycles. The second kappa shape index (κ2) is 11.4. The van der Waals surface area contributed by atoms with Crippen LogP contribution in [0.2, 0.25) is 0 Å². The third-order valence-corrected chi connectivity index (χ3v) is 3.23. The summed E-state index contributed by atoms with van der Waals surface area (Å²) in [6, 6.07) is 3.73. The summed E-state index contributed by atoms with van der Waals surface area (Å²) in [6.45, 7) is 8.35. The molecule has 2 N–H and O–H groups in total. The molecule has 132 valence electrons. The second-order valence-electron chi connectivity index (χ2n) is 6.01. The van der Waals surface area contributed by atoms with E-state index in [-0.39, 0.29) is 35.5 Å². The van der Waals surface area contributed by atoms with Crippen molar-refractivity contribution in [3.05, 3.63) is 24.5 Å². The summed E-state index contributed by atoms with van der Waals surface area (Å²) in [6.07, 6.45) is 3.52. The largest absolute Gasteiger partial charge is 0.490 e. The van der Waals surface area contributed by atoms with Gasteiger partial charge in [-0.3, -0.25) is 9.98 Å². The Bertz CT molecular complexity index is 449. The van der Waals surface area contributed by atoms with Gasteiger partial charge in [-0.2, -0.15) is 0 Å². The van der Waals surface area contributed by atoms with Gasteiger partial charge in [0.1, 0.15) is 12.4 Å². The molecule has 0 aliphatic rings. The van der Waals surface area contributed by atoms with Crippen LogP contribution < -0.4 is 15.4 Å². The number of pyridine rings is 1. The third-order valence-electron chi connectivity index (χ3n) is 3.23. The molecular formula is C16H29IN4O2. The summed E-state index contributed by atoms with van der Waals surface area (Å²) < 4.78 is 11.1. The first-order valence-corrected chi connectivity index (χ1v) is 7.47. The van der Waals surface area contributed by atoms with Crippen LogP contribution in [0, 0.1) is 5.41 Å². The molecule has 0 aliphatic carbocycles. The van der Waals surface area contributed by atoms with Gasteiger partial charge in [0.2, 0.25) is 0 Å². The van der Waals surface area contributed by atoms with Gasteiger partial charge in [0.15, 0.2) is 5.96 Å². The van der Waals surface area contributed by atoms with Crippen LogP contribution in [0.15, 0.2) is 29.5 Å². The molecule has 0 amide bonds. The van der Waals surface area contributed by atoms with Crippen molar-refractivity contribution in [2.75, 3.05) is 33.9 Å². The van der Waals surface area contributed by atoms with Gasteiger partial charge >= 0.3 is 0 Å². The van der Waals surface area contributed by atoms with Gasteiger partial charge in [0, 0.05) is 26.9 Å². The van der Waals surface area contributed by atoms with E-state index in [1.54, 1.807) is 26.6 Å². The van der Waals surface area contributed by atoms with Crippen LogP contribution in [0.3, 0.4) is 0 Å². The quantitative estimate of drug-likeness (QED) is 0.297. The lowest BCUT2D eigenvalue weighted by Gasteiger charge is -2.30. The summed E-state index contributed by atoms with van der Waals surface area (Å²) in [5.74, 6) is 1.50. The summed E-state index contributed by atoms with van der Waals surface area (Å²) in [7, 11) is 3.48. The lowest BCUT2D eigenvalue weighted by atomic mass is 9.89. The molecule has 0 spiro atoms. The van der Waals surface area contributed by atoms with Gasteiger partial charge in [-0.25, -0.2) is 0 Å². The fourth-order valence-corrected chi connectivity index (χ4v) is 1.92. The van der Waals surface area contributed by atoms with E-state index in [1.807, 2.05) is 12.1 Å². The van der Waals surface area contributed by atoms with E-state index in [1.165, 1.54) is 0 Å². The maximum absolute atomic E-state index is 5.57. The lowest BCUT2D eigenvalue weighted by molar-refractivity contribution is 0.0205. The van der Waals surface area contributed by atoms with Crippen LogP contribution in [0.4, 0.5) is 0 Å². The number of hydrogen-bond acceptors (Lipinski definition) is 4. The van der Waals surface area contributed by atoms with Gasteiger partial charge in [-0.05, 0) is 17.5 Å². The van der Waals surface area contributed by atoms with E-state index in [9.17, 15) is 0 Å². The number of nitrogens with one attached hydrogen (secondary N) is 2. The molecule has 1 aromatic heterocycles. The van der Waals surface area contributed by atoms with Crippen molar-refractivity contribution < 1.29 is 9.47 Å². The number of rotatable bonds is 7. The summed E-state index contributed by atoms with van der Waals surface area (Å²) >= 11 is 0. The van der Waals surface area contributed by atoms with Crippen LogP contribution in [0.25, 0.3) is 0 Å². The van der Waals surface area contributed by atoms with Crippen molar-refractivity contribution in [3.63, 3.8) is 0 Å². The molecular weight excluding hydrogens is 407 g/mol. The molecule has 1 rings (SSSR count). The zero-order chi connectivity index (χ0) is 16.4.